The third-order valence-corrected chi connectivity index (χ3v) is 4.92. The smallest absolute Gasteiger partial charge is 0.258 e. The van der Waals surface area contributed by atoms with Gasteiger partial charge in [-0.1, -0.05) is 22.9 Å². The van der Waals surface area contributed by atoms with Gasteiger partial charge in [-0.05, 0) is 32.4 Å². The van der Waals surface area contributed by atoms with Crippen LogP contribution in [-0.2, 0) is 10.0 Å². The summed E-state index contributed by atoms with van der Waals surface area (Å²) in [7, 11) is -3.95. The van der Waals surface area contributed by atoms with Crippen LogP contribution in [0.3, 0.4) is 0 Å². The van der Waals surface area contributed by atoms with Crippen molar-refractivity contribution in [1.82, 2.24) is 4.72 Å². The van der Waals surface area contributed by atoms with Gasteiger partial charge in [0.1, 0.15) is 0 Å². The minimum atomic E-state index is -3.95. The highest BCUT2D eigenvalue weighted by atomic mass is 79.9. The standard InChI is InChI=1S/C11H15BrN2O4S/c1-4-11(2,3)13-19(17,18)10-7-8(12)5-6-9(10)14(15)16/h5-7,13H,4H2,1-3H3. The second kappa shape index (κ2) is 5.56. The maximum absolute atomic E-state index is 12.2. The summed E-state index contributed by atoms with van der Waals surface area (Å²) in [5, 5.41) is 10.9. The second-order valence-electron chi connectivity index (χ2n) is 4.71. The van der Waals surface area contributed by atoms with Crippen LogP contribution < -0.4 is 4.72 Å². The van der Waals surface area contributed by atoms with E-state index in [9.17, 15) is 18.5 Å². The molecule has 0 aromatic heterocycles. The molecule has 1 N–H and O–H groups in total. The van der Waals surface area contributed by atoms with Crippen molar-refractivity contribution in [3.63, 3.8) is 0 Å². The number of nitro benzene ring substituents is 1. The van der Waals surface area contributed by atoms with Crippen LogP contribution in [0, 0.1) is 10.1 Å². The van der Waals surface area contributed by atoms with Crippen LogP contribution in [-0.4, -0.2) is 18.9 Å². The number of hydrogen-bond acceptors (Lipinski definition) is 4. The van der Waals surface area contributed by atoms with E-state index in [0.717, 1.165) is 6.07 Å². The number of rotatable bonds is 5. The van der Waals surface area contributed by atoms with E-state index in [1.165, 1.54) is 12.1 Å². The van der Waals surface area contributed by atoms with Crippen LogP contribution in [0.15, 0.2) is 27.6 Å². The first kappa shape index (κ1) is 16.1. The van der Waals surface area contributed by atoms with Crippen LogP contribution in [0.5, 0.6) is 0 Å². The minimum absolute atomic E-state index is 0.339. The molecule has 0 aliphatic heterocycles. The van der Waals surface area contributed by atoms with Crippen molar-refractivity contribution in [3.8, 4) is 0 Å². The maximum atomic E-state index is 12.2. The van der Waals surface area contributed by atoms with Crippen LogP contribution in [0.25, 0.3) is 0 Å². The molecule has 0 saturated heterocycles. The molecular weight excluding hydrogens is 336 g/mol. The number of nitrogens with one attached hydrogen (secondary N) is 1. The third kappa shape index (κ3) is 3.99. The fourth-order valence-corrected chi connectivity index (χ4v) is 3.54. The topological polar surface area (TPSA) is 89.3 Å². The molecule has 0 aliphatic rings. The number of nitrogens with zero attached hydrogens (tertiary/aromatic N) is 1. The first-order chi connectivity index (χ1) is 8.59. The molecule has 6 nitrogen and oxygen atoms in total. The molecule has 8 heteroatoms. The summed E-state index contributed by atoms with van der Waals surface area (Å²) < 4.78 is 27.4. The Labute approximate surface area is 120 Å². The van der Waals surface area contributed by atoms with E-state index in [-0.39, 0.29) is 4.90 Å². The van der Waals surface area contributed by atoms with Crippen molar-refractivity contribution in [2.24, 2.45) is 0 Å². The maximum Gasteiger partial charge on any atom is 0.289 e. The van der Waals surface area contributed by atoms with Gasteiger partial charge in [0.15, 0.2) is 4.90 Å². The van der Waals surface area contributed by atoms with Crippen molar-refractivity contribution in [2.45, 2.75) is 37.6 Å². The average molecular weight is 351 g/mol. The molecule has 0 saturated carbocycles. The summed E-state index contributed by atoms with van der Waals surface area (Å²) in [6.45, 7) is 5.26. The van der Waals surface area contributed by atoms with Gasteiger partial charge < -0.3 is 0 Å². The molecule has 19 heavy (non-hydrogen) atoms. The lowest BCUT2D eigenvalue weighted by atomic mass is 10.0. The fraction of sp³-hybridized carbons (Fsp3) is 0.455. The zero-order valence-electron chi connectivity index (χ0n) is 10.8. The first-order valence-electron chi connectivity index (χ1n) is 5.57. The van der Waals surface area contributed by atoms with E-state index in [0.29, 0.717) is 10.9 Å². The zero-order valence-corrected chi connectivity index (χ0v) is 13.2. The van der Waals surface area contributed by atoms with Gasteiger partial charge in [-0.2, -0.15) is 0 Å². The number of hydrogen-bond donors (Lipinski definition) is 1. The summed E-state index contributed by atoms with van der Waals surface area (Å²) in [6, 6.07) is 3.83. The van der Waals surface area contributed by atoms with E-state index in [1.807, 2.05) is 6.92 Å². The quantitative estimate of drug-likeness (QED) is 0.652. The summed E-state index contributed by atoms with van der Waals surface area (Å²) in [5.74, 6) is 0. The zero-order chi connectivity index (χ0) is 14.8. The molecule has 1 aromatic carbocycles. The van der Waals surface area contributed by atoms with Crippen molar-refractivity contribution < 1.29 is 13.3 Å². The summed E-state index contributed by atoms with van der Waals surface area (Å²) >= 11 is 3.12. The fourth-order valence-electron chi connectivity index (χ4n) is 1.34. The largest absolute Gasteiger partial charge is 0.289 e. The Bertz CT molecular complexity index is 599. The van der Waals surface area contributed by atoms with E-state index >= 15 is 0 Å². The highest BCUT2D eigenvalue weighted by molar-refractivity contribution is 9.10. The van der Waals surface area contributed by atoms with E-state index in [4.69, 9.17) is 0 Å². The Morgan fingerprint density at radius 1 is 1.42 bits per heavy atom. The monoisotopic (exact) mass is 350 g/mol. The summed E-state index contributed by atoms with van der Waals surface area (Å²) in [4.78, 5) is 9.87. The van der Waals surface area contributed by atoms with Gasteiger partial charge in [-0.3, -0.25) is 10.1 Å². The number of nitro groups is 1. The van der Waals surface area contributed by atoms with Gasteiger partial charge in [-0.15, -0.1) is 0 Å². The number of sulfonamides is 1. The van der Waals surface area contributed by atoms with E-state index < -0.39 is 26.2 Å². The number of halogens is 1. The molecule has 0 fully saturated rings. The third-order valence-electron chi connectivity index (χ3n) is 2.70. The molecular formula is C11H15BrN2O4S. The predicted molar refractivity (Wildman–Crippen MR) is 75.5 cm³/mol. The van der Waals surface area contributed by atoms with Gasteiger partial charge >= 0.3 is 0 Å². The molecule has 1 rings (SSSR count). The molecule has 0 heterocycles. The SMILES string of the molecule is CCC(C)(C)NS(=O)(=O)c1cc(Br)ccc1[N+](=O)[O-]. The molecule has 0 bridgehead atoms. The lowest BCUT2D eigenvalue weighted by Crippen LogP contribution is -2.42. The van der Waals surface area contributed by atoms with Gasteiger partial charge in [0.05, 0.1) is 4.92 Å². The molecule has 0 amide bonds. The molecule has 106 valence electrons. The van der Waals surface area contributed by atoms with Crippen molar-refractivity contribution in [3.05, 3.63) is 32.8 Å². The van der Waals surface area contributed by atoms with Crippen molar-refractivity contribution >= 4 is 31.6 Å². The normalized spacial score (nSPS) is 12.4. The van der Waals surface area contributed by atoms with Gasteiger partial charge in [0.2, 0.25) is 10.0 Å². The van der Waals surface area contributed by atoms with Crippen LogP contribution in [0.2, 0.25) is 0 Å². The highest BCUT2D eigenvalue weighted by Gasteiger charge is 2.30. The Hall–Kier alpha value is -0.990. The Kier molecular flexibility index (Phi) is 4.70. The minimum Gasteiger partial charge on any atom is -0.258 e. The highest BCUT2D eigenvalue weighted by Crippen LogP contribution is 2.28. The van der Waals surface area contributed by atoms with Gasteiger partial charge in [-0.25, -0.2) is 13.1 Å². The Balaban J connectivity index is 3.36. The first-order valence-corrected chi connectivity index (χ1v) is 7.84. The molecule has 0 aliphatic carbocycles. The summed E-state index contributed by atoms with van der Waals surface area (Å²) in [5.41, 5.74) is -1.11. The van der Waals surface area contributed by atoms with Gasteiger partial charge in [0, 0.05) is 16.1 Å². The molecule has 1 aromatic rings. The molecule has 0 atom stereocenters. The lowest BCUT2D eigenvalue weighted by Gasteiger charge is -2.24. The predicted octanol–water partition coefficient (Wildman–Crippen LogP) is 2.82. The molecule has 0 radical (unpaired) electrons. The van der Waals surface area contributed by atoms with Gasteiger partial charge in [0.25, 0.3) is 5.69 Å². The molecule has 0 spiro atoms. The van der Waals surface area contributed by atoms with Crippen LogP contribution in [0.1, 0.15) is 27.2 Å². The van der Waals surface area contributed by atoms with Crippen LogP contribution in [0.4, 0.5) is 5.69 Å². The van der Waals surface area contributed by atoms with E-state index in [1.54, 1.807) is 13.8 Å². The van der Waals surface area contributed by atoms with Crippen molar-refractivity contribution in [2.75, 3.05) is 0 Å². The number of benzene rings is 1. The second-order valence-corrected chi connectivity index (χ2v) is 7.28. The van der Waals surface area contributed by atoms with E-state index in [2.05, 4.69) is 20.7 Å². The van der Waals surface area contributed by atoms with Crippen molar-refractivity contribution in [1.29, 1.82) is 0 Å². The Morgan fingerprint density at radius 2 is 2.00 bits per heavy atom. The summed E-state index contributed by atoms with van der Waals surface area (Å²) in [6.07, 6.45) is 0.564. The van der Waals surface area contributed by atoms with Crippen LogP contribution >= 0.6 is 15.9 Å². The Morgan fingerprint density at radius 3 is 2.47 bits per heavy atom. The average Bonchev–Trinajstić information content (AvgIpc) is 2.27. The molecule has 0 unspecified atom stereocenters. The lowest BCUT2D eigenvalue weighted by molar-refractivity contribution is -0.387.